The summed E-state index contributed by atoms with van der Waals surface area (Å²) in [6, 6.07) is 10.3. The average Bonchev–Trinajstić information content (AvgIpc) is 2.68. The van der Waals surface area contributed by atoms with Crippen LogP contribution in [0.5, 0.6) is 0 Å². The van der Waals surface area contributed by atoms with Gasteiger partial charge in [-0.25, -0.2) is 0 Å². The minimum atomic E-state index is -0.499. The first kappa shape index (κ1) is 20.2. The van der Waals surface area contributed by atoms with Gasteiger partial charge in [-0.05, 0) is 18.4 Å². The molecule has 0 unspecified atom stereocenters. The lowest BCUT2D eigenvalue weighted by molar-refractivity contribution is -0.124. The second-order valence-electron chi connectivity index (χ2n) is 6.87. The molecule has 2 rings (SSSR count). The molecule has 4 heteroatoms. The largest absolute Gasteiger partial charge is 0.339 e. The number of piperazine rings is 1. The Morgan fingerprint density at radius 2 is 1.77 bits per heavy atom. The monoisotopic (exact) mass is 353 g/mol. The van der Waals surface area contributed by atoms with E-state index in [2.05, 4.69) is 57.5 Å². The zero-order valence-corrected chi connectivity index (χ0v) is 16.1. The summed E-state index contributed by atoms with van der Waals surface area (Å²) in [4.78, 5) is 17.0. The van der Waals surface area contributed by atoms with E-state index in [1.807, 2.05) is 19.9 Å². The van der Waals surface area contributed by atoms with Gasteiger partial charge in [0.1, 0.15) is 5.54 Å². The number of terminal acetylenes is 1. The van der Waals surface area contributed by atoms with E-state index in [0.717, 1.165) is 45.6 Å². The lowest BCUT2D eigenvalue weighted by Gasteiger charge is -2.35. The lowest BCUT2D eigenvalue weighted by Crippen LogP contribution is -2.53. The van der Waals surface area contributed by atoms with Gasteiger partial charge in [-0.2, -0.15) is 0 Å². The van der Waals surface area contributed by atoms with Crippen molar-refractivity contribution in [3.63, 3.8) is 0 Å². The van der Waals surface area contributed by atoms with Gasteiger partial charge in [0, 0.05) is 32.7 Å². The molecule has 0 radical (unpaired) electrons. The number of hydrogen-bond acceptors (Lipinski definition) is 3. The molecule has 1 aromatic rings. The summed E-state index contributed by atoms with van der Waals surface area (Å²) in [6.07, 6.45) is 11.5. The Bertz CT molecular complexity index is 621. The molecule has 0 spiro atoms. The van der Waals surface area contributed by atoms with Crippen LogP contribution in [0.3, 0.4) is 0 Å². The first-order valence-corrected chi connectivity index (χ1v) is 9.56. The van der Waals surface area contributed by atoms with Gasteiger partial charge in [-0.15, -0.1) is 6.42 Å². The number of nitrogens with zero attached hydrogens (tertiary/aromatic N) is 2. The Morgan fingerprint density at radius 1 is 1.15 bits per heavy atom. The molecule has 0 saturated carbocycles. The predicted molar refractivity (Wildman–Crippen MR) is 109 cm³/mol. The Hall–Kier alpha value is -2.09. The molecule has 0 bridgehead atoms. The normalized spacial score (nSPS) is 16.5. The molecule has 4 nitrogen and oxygen atoms in total. The van der Waals surface area contributed by atoms with Crippen LogP contribution in [0.2, 0.25) is 0 Å². The van der Waals surface area contributed by atoms with Crippen molar-refractivity contribution in [2.75, 3.05) is 39.3 Å². The summed E-state index contributed by atoms with van der Waals surface area (Å²) in [5.41, 5.74) is 0.730. The van der Waals surface area contributed by atoms with Crippen molar-refractivity contribution in [3.05, 3.63) is 42.0 Å². The van der Waals surface area contributed by atoms with Crippen molar-refractivity contribution >= 4 is 12.0 Å². The smallest absolute Gasteiger partial charge is 0.235 e. The molecule has 0 atom stereocenters. The number of carbonyl (C=O) groups is 1. The molecular weight excluding hydrogens is 322 g/mol. The summed E-state index contributed by atoms with van der Waals surface area (Å²) in [7, 11) is 0. The van der Waals surface area contributed by atoms with Crippen LogP contribution in [-0.2, 0) is 4.79 Å². The minimum absolute atomic E-state index is 0.0315. The van der Waals surface area contributed by atoms with E-state index in [9.17, 15) is 4.79 Å². The van der Waals surface area contributed by atoms with Crippen LogP contribution in [0.1, 0.15) is 32.3 Å². The average molecular weight is 354 g/mol. The molecule has 1 heterocycles. The van der Waals surface area contributed by atoms with Crippen LogP contribution in [0, 0.1) is 12.3 Å². The third kappa shape index (κ3) is 6.01. The summed E-state index contributed by atoms with van der Waals surface area (Å²) in [5, 5.41) is 3.05. The van der Waals surface area contributed by atoms with E-state index in [4.69, 9.17) is 6.42 Å². The van der Waals surface area contributed by atoms with E-state index in [1.165, 1.54) is 5.56 Å². The highest BCUT2D eigenvalue weighted by Gasteiger charge is 2.26. The maximum atomic E-state index is 12.3. The summed E-state index contributed by atoms with van der Waals surface area (Å²) < 4.78 is 0. The van der Waals surface area contributed by atoms with Crippen molar-refractivity contribution in [1.29, 1.82) is 0 Å². The quantitative estimate of drug-likeness (QED) is 0.730. The maximum absolute atomic E-state index is 12.3. The standard InChI is InChI=1S/C22H31N3O/c1-4-22(5-2,6-3)23-21(26)19-25-17-15-24(16-18-25)14-10-13-20-11-8-7-9-12-20/h1,7-13H,5-6,14-19H2,2-3H3,(H,23,26)/b13-10+. The molecule has 1 aliphatic rings. The van der Waals surface area contributed by atoms with E-state index >= 15 is 0 Å². The molecule has 140 valence electrons. The molecule has 1 aliphatic heterocycles. The van der Waals surface area contributed by atoms with Gasteiger partial charge >= 0.3 is 0 Å². The van der Waals surface area contributed by atoms with E-state index in [1.54, 1.807) is 0 Å². The highest BCUT2D eigenvalue weighted by molar-refractivity contribution is 5.79. The number of benzene rings is 1. The van der Waals surface area contributed by atoms with E-state index in [0.29, 0.717) is 6.54 Å². The first-order chi connectivity index (χ1) is 12.6. The van der Waals surface area contributed by atoms with E-state index < -0.39 is 5.54 Å². The summed E-state index contributed by atoms with van der Waals surface area (Å²) in [5.74, 6) is 2.79. The topological polar surface area (TPSA) is 35.6 Å². The second kappa shape index (κ2) is 10.2. The Kier molecular flexibility index (Phi) is 7.90. The number of carbonyl (C=O) groups excluding carboxylic acids is 1. The molecule has 1 N–H and O–H groups in total. The fourth-order valence-electron chi connectivity index (χ4n) is 3.21. The van der Waals surface area contributed by atoms with Crippen LogP contribution in [-0.4, -0.2) is 60.5 Å². The van der Waals surface area contributed by atoms with Crippen LogP contribution >= 0.6 is 0 Å². The Balaban J connectivity index is 1.72. The van der Waals surface area contributed by atoms with Crippen LogP contribution in [0.4, 0.5) is 0 Å². The zero-order valence-electron chi connectivity index (χ0n) is 16.1. The fourth-order valence-corrected chi connectivity index (χ4v) is 3.21. The van der Waals surface area contributed by atoms with Gasteiger partial charge in [0.25, 0.3) is 0 Å². The number of nitrogens with one attached hydrogen (secondary N) is 1. The Labute approximate surface area is 158 Å². The molecule has 1 fully saturated rings. The Morgan fingerprint density at radius 3 is 2.35 bits per heavy atom. The van der Waals surface area contributed by atoms with Crippen LogP contribution < -0.4 is 5.32 Å². The maximum Gasteiger partial charge on any atom is 0.235 e. The number of rotatable bonds is 8. The van der Waals surface area contributed by atoms with E-state index in [-0.39, 0.29) is 5.91 Å². The second-order valence-corrected chi connectivity index (χ2v) is 6.87. The lowest BCUT2D eigenvalue weighted by atomic mass is 9.94. The summed E-state index contributed by atoms with van der Waals surface area (Å²) in [6.45, 7) is 9.19. The van der Waals surface area contributed by atoms with Crippen LogP contribution in [0.15, 0.2) is 36.4 Å². The van der Waals surface area contributed by atoms with Crippen molar-refractivity contribution < 1.29 is 4.79 Å². The molecule has 0 aliphatic carbocycles. The number of amides is 1. The van der Waals surface area contributed by atoms with Gasteiger partial charge in [0.05, 0.1) is 6.54 Å². The van der Waals surface area contributed by atoms with Crippen molar-refractivity contribution in [3.8, 4) is 12.3 Å². The van der Waals surface area contributed by atoms with Gasteiger partial charge in [0.15, 0.2) is 0 Å². The first-order valence-electron chi connectivity index (χ1n) is 9.56. The van der Waals surface area contributed by atoms with Gasteiger partial charge < -0.3 is 5.32 Å². The molecule has 0 aromatic heterocycles. The molecule has 26 heavy (non-hydrogen) atoms. The third-order valence-corrected chi connectivity index (χ3v) is 5.17. The molecule has 1 saturated heterocycles. The molecule has 1 aromatic carbocycles. The van der Waals surface area contributed by atoms with Crippen molar-refractivity contribution in [1.82, 2.24) is 15.1 Å². The predicted octanol–water partition coefficient (Wildman–Crippen LogP) is 2.63. The van der Waals surface area contributed by atoms with Crippen LogP contribution in [0.25, 0.3) is 6.08 Å². The van der Waals surface area contributed by atoms with Gasteiger partial charge in [-0.3, -0.25) is 14.6 Å². The molecular formula is C22H31N3O. The van der Waals surface area contributed by atoms with Crippen molar-refractivity contribution in [2.24, 2.45) is 0 Å². The molecule has 1 amide bonds. The highest BCUT2D eigenvalue weighted by atomic mass is 16.2. The SMILES string of the molecule is C#CC(CC)(CC)NC(=O)CN1CCN(C/C=C/c2ccccc2)CC1. The minimum Gasteiger partial charge on any atom is -0.339 e. The third-order valence-electron chi connectivity index (χ3n) is 5.17. The van der Waals surface area contributed by atoms with Gasteiger partial charge in [0.2, 0.25) is 5.91 Å². The zero-order chi connectivity index (χ0) is 18.8. The fraction of sp³-hybridized carbons (Fsp3) is 0.500. The summed E-state index contributed by atoms with van der Waals surface area (Å²) >= 11 is 0. The highest BCUT2D eigenvalue weighted by Crippen LogP contribution is 2.13. The van der Waals surface area contributed by atoms with Gasteiger partial charge in [-0.1, -0.05) is 62.3 Å². The number of hydrogen-bond donors (Lipinski definition) is 1. The van der Waals surface area contributed by atoms with Crippen molar-refractivity contribution in [2.45, 2.75) is 32.2 Å².